The zero-order chi connectivity index (χ0) is 21.1. The van der Waals surface area contributed by atoms with Crippen LogP contribution >= 0.6 is 0 Å². The van der Waals surface area contributed by atoms with Gasteiger partial charge in [-0.1, -0.05) is 65.9 Å². The van der Waals surface area contributed by atoms with E-state index in [4.69, 9.17) is 15.2 Å². The van der Waals surface area contributed by atoms with Crippen molar-refractivity contribution in [2.24, 2.45) is 0 Å². The number of benzene rings is 2. The Balaban J connectivity index is 1.48. The second-order valence-corrected chi connectivity index (χ2v) is 7.92. The zero-order valence-corrected chi connectivity index (χ0v) is 17.2. The van der Waals surface area contributed by atoms with E-state index in [0.717, 1.165) is 23.9 Å². The van der Waals surface area contributed by atoms with E-state index >= 15 is 0 Å². The second-order valence-electron chi connectivity index (χ2n) is 7.92. The normalized spacial score (nSPS) is 16.5. The molecule has 0 aliphatic carbocycles. The van der Waals surface area contributed by atoms with Crippen molar-refractivity contribution < 1.29 is 9.47 Å². The summed E-state index contributed by atoms with van der Waals surface area (Å²) < 4.78 is 12.3. The maximum absolute atomic E-state index is 6.17. The topological polar surface area (TPSA) is 98.9 Å². The molecule has 5 rings (SSSR count). The van der Waals surface area contributed by atoms with Gasteiger partial charge in [-0.3, -0.25) is 0 Å². The van der Waals surface area contributed by atoms with Gasteiger partial charge in [0.25, 0.3) is 0 Å². The summed E-state index contributed by atoms with van der Waals surface area (Å²) in [6.45, 7) is 1.22. The van der Waals surface area contributed by atoms with Crippen LogP contribution in [-0.4, -0.2) is 39.4 Å². The first-order valence-electron chi connectivity index (χ1n) is 10.6. The van der Waals surface area contributed by atoms with Crippen molar-refractivity contribution in [1.82, 2.24) is 20.4 Å². The first-order chi connectivity index (χ1) is 15.2. The highest BCUT2D eigenvalue weighted by molar-refractivity contribution is 5.77. The number of hydrogen-bond acceptors (Lipinski definition) is 6. The molecule has 4 aromatic rings. The number of anilines is 1. The number of nitrogen functional groups attached to an aromatic ring is 1. The van der Waals surface area contributed by atoms with Gasteiger partial charge in [0.1, 0.15) is 11.3 Å². The van der Waals surface area contributed by atoms with Gasteiger partial charge < -0.3 is 15.2 Å². The minimum absolute atomic E-state index is 0.0551. The van der Waals surface area contributed by atoms with Gasteiger partial charge in [-0.05, 0) is 29.2 Å². The molecule has 2 aromatic carbocycles. The smallest absolute Gasteiger partial charge is 0.178 e. The molecule has 1 fully saturated rings. The summed E-state index contributed by atoms with van der Waals surface area (Å²) in [6.07, 6.45) is 2.26. The van der Waals surface area contributed by atoms with Crippen molar-refractivity contribution in [3.05, 3.63) is 83.4 Å². The van der Waals surface area contributed by atoms with Crippen LogP contribution in [0.4, 0.5) is 5.82 Å². The van der Waals surface area contributed by atoms with E-state index in [1.165, 1.54) is 11.1 Å². The van der Waals surface area contributed by atoms with Crippen LogP contribution in [0, 0.1) is 0 Å². The third-order valence-electron chi connectivity index (χ3n) is 5.87. The van der Waals surface area contributed by atoms with Gasteiger partial charge in [-0.15, -0.1) is 5.10 Å². The molecule has 1 aliphatic rings. The fourth-order valence-electron chi connectivity index (χ4n) is 4.44. The van der Waals surface area contributed by atoms with Gasteiger partial charge in [0.2, 0.25) is 0 Å². The van der Waals surface area contributed by atoms with Crippen molar-refractivity contribution >= 4 is 17.0 Å². The molecule has 0 radical (unpaired) electrons. The molecule has 31 heavy (non-hydrogen) atoms. The third-order valence-corrected chi connectivity index (χ3v) is 5.87. The molecular weight excluding hydrogens is 390 g/mol. The third kappa shape index (κ3) is 4.15. The van der Waals surface area contributed by atoms with Crippen LogP contribution in [0.25, 0.3) is 11.2 Å². The maximum Gasteiger partial charge on any atom is 0.178 e. The number of rotatable bonds is 7. The lowest BCUT2D eigenvalue weighted by Crippen LogP contribution is -2.33. The van der Waals surface area contributed by atoms with Crippen LogP contribution in [0.2, 0.25) is 0 Å². The molecule has 2 aromatic heterocycles. The lowest BCUT2D eigenvalue weighted by Gasteiger charge is -2.30. The second kappa shape index (κ2) is 8.45. The Labute approximate surface area is 180 Å². The number of pyridine rings is 1. The minimum Gasteiger partial charge on any atom is -0.384 e. The lowest BCUT2D eigenvalue weighted by molar-refractivity contribution is -0.162. The van der Waals surface area contributed by atoms with E-state index in [1.54, 1.807) is 0 Å². The molecule has 1 saturated heterocycles. The SMILES string of the molecule is Nc1cc(C(CCC2(Cc3ccccc3)OCCO2)c2ccccc2)c2nn[nH]c2n1. The molecule has 3 N–H and O–H groups in total. The van der Waals surface area contributed by atoms with E-state index in [0.29, 0.717) is 31.1 Å². The highest BCUT2D eigenvalue weighted by atomic mass is 16.7. The number of fused-ring (bicyclic) bond motifs is 1. The summed E-state index contributed by atoms with van der Waals surface area (Å²) in [5.74, 6) is -0.128. The highest BCUT2D eigenvalue weighted by Crippen LogP contribution is 2.38. The largest absolute Gasteiger partial charge is 0.384 e. The number of H-pyrrole nitrogens is 1. The quantitative estimate of drug-likeness (QED) is 0.476. The van der Waals surface area contributed by atoms with E-state index in [2.05, 4.69) is 56.8 Å². The number of aromatic amines is 1. The summed E-state index contributed by atoms with van der Waals surface area (Å²) in [6, 6.07) is 22.6. The van der Waals surface area contributed by atoms with Gasteiger partial charge in [-0.25, -0.2) is 10.1 Å². The van der Waals surface area contributed by atoms with Crippen molar-refractivity contribution in [3.8, 4) is 0 Å². The maximum atomic E-state index is 6.17. The summed E-state index contributed by atoms with van der Waals surface area (Å²) in [7, 11) is 0. The van der Waals surface area contributed by atoms with Gasteiger partial charge in [0, 0.05) is 18.8 Å². The van der Waals surface area contributed by atoms with E-state index in [1.807, 2.05) is 30.3 Å². The molecule has 1 atom stereocenters. The number of nitrogens with zero attached hydrogens (tertiary/aromatic N) is 3. The van der Waals surface area contributed by atoms with Crippen molar-refractivity contribution in [2.75, 3.05) is 18.9 Å². The van der Waals surface area contributed by atoms with Gasteiger partial charge >= 0.3 is 0 Å². The average molecular weight is 415 g/mol. The molecule has 158 valence electrons. The van der Waals surface area contributed by atoms with E-state index in [-0.39, 0.29) is 5.92 Å². The Morgan fingerprint density at radius 2 is 1.71 bits per heavy atom. The molecule has 0 saturated carbocycles. The first kappa shape index (κ1) is 19.7. The zero-order valence-electron chi connectivity index (χ0n) is 17.2. The van der Waals surface area contributed by atoms with E-state index < -0.39 is 5.79 Å². The van der Waals surface area contributed by atoms with E-state index in [9.17, 15) is 0 Å². The summed E-state index contributed by atoms with van der Waals surface area (Å²) in [5, 5.41) is 11.1. The van der Waals surface area contributed by atoms with Crippen LogP contribution in [0.3, 0.4) is 0 Å². The van der Waals surface area contributed by atoms with Crippen LogP contribution in [0.5, 0.6) is 0 Å². The monoisotopic (exact) mass is 415 g/mol. The predicted molar refractivity (Wildman–Crippen MR) is 118 cm³/mol. The number of hydrogen-bond donors (Lipinski definition) is 2. The molecular formula is C24H25N5O2. The molecule has 7 nitrogen and oxygen atoms in total. The van der Waals surface area contributed by atoms with Crippen LogP contribution in [0.1, 0.15) is 35.4 Å². The lowest BCUT2D eigenvalue weighted by atomic mass is 9.85. The Kier molecular flexibility index (Phi) is 5.36. The van der Waals surface area contributed by atoms with Crippen LogP contribution < -0.4 is 5.73 Å². The van der Waals surface area contributed by atoms with Crippen molar-refractivity contribution in [2.45, 2.75) is 31.0 Å². The number of ether oxygens (including phenoxy) is 2. The Bertz CT molecular complexity index is 1140. The molecule has 0 spiro atoms. The molecule has 0 bridgehead atoms. The minimum atomic E-state index is -0.629. The number of aromatic nitrogens is 4. The van der Waals surface area contributed by atoms with Gasteiger partial charge in [-0.2, -0.15) is 0 Å². The Morgan fingerprint density at radius 1 is 1.00 bits per heavy atom. The van der Waals surface area contributed by atoms with Gasteiger partial charge in [0.15, 0.2) is 11.4 Å². The van der Waals surface area contributed by atoms with Crippen molar-refractivity contribution in [3.63, 3.8) is 0 Å². The fraction of sp³-hybridized carbons (Fsp3) is 0.292. The molecule has 1 aliphatic heterocycles. The first-order valence-corrected chi connectivity index (χ1v) is 10.6. The summed E-state index contributed by atoms with van der Waals surface area (Å²) >= 11 is 0. The molecule has 7 heteroatoms. The van der Waals surface area contributed by atoms with Crippen LogP contribution in [-0.2, 0) is 15.9 Å². The molecule has 0 amide bonds. The number of nitrogens with two attached hydrogens (primary N) is 1. The standard InChI is InChI=1S/C24H25N5O2/c25-21-15-20(22-23(26-21)28-29-27-22)19(18-9-5-2-6-10-18)11-12-24(30-13-14-31-24)16-17-7-3-1-4-8-17/h1-10,15,19H,11-14,16H2,(H3,25,26,27,28,29). The predicted octanol–water partition coefficient (Wildman–Crippen LogP) is 3.83. The highest BCUT2D eigenvalue weighted by Gasteiger charge is 2.37. The Hall–Kier alpha value is -3.29. The summed E-state index contributed by atoms with van der Waals surface area (Å²) in [4.78, 5) is 4.33. The fourth-order valence-corrected chi connectivity index (χ4v) is 4.44. The van der Waals surface area contributed by atoms with Gasteiger partial charge in [0.05, 0.1) is 13.2 Å². The summed E-state index contributed by atoms with van der Waals surface area (Å²) in [5.41, 5.74) is 10.9. The molecule has 3 heterocycles. The average Bonchev–Trinajstić information content (AvgIpc) is 3.45. The molecule has 1 unspecified atom stereocenters. The number of nitrogens with one attached hydrogen (secondary N) is 1. The van der Waals surface area contributed by atoms with Crippen molar-refractivity contribution in [1.29, 1.82) is 0 Å². The Morgan fingerprint density at radius 3 is 2.45 bits per heavy atom. The van der Waals surface area contributed by atoms with Crippen LogP contribution in [0.15, 0.2) is 66.7 Å².